The minimum absolute atomic E-state index is 0.503. The number of rotatable bonds is 0. The van der Waals surface area contributed by atoms with Crippen molar-refractivity contribution in [3.63, 3.8) is 0 Å². The Labute approximate surface area is 73.2 Å². The van der Waals surface area contributed by atoms with E-state index in [9.17, 15) is 4.21 Å². The van der Waals surface area contributed by atoms with Crippen molar-refractivity contribution in [2.24, 2.45) is 0 Å². The fourth-order valence-electron chi connectivity index (χ4n) is 0.599. The topological polar surface area (TPSA) is 29.1 Å². The quantitative estimate of drug-likeness (QED) is 0.609. The van der Waals surface area contributed by atoms with Crippen LogP contribution in [-0.2, 0) is 10.8 Å². The van der Waals surface area contributed by atoms with Gasteiger partial charge in [0, 0.05) is 35.4 Å². The van der Waals surface area contributed by atoms with Crippen LogP contribution < -0.4 is 5.32 Å². The second-order valence-electron chi connectivity index (χ2n) is 1.60. The molecule has 0 aromatic carbocycles. The van der Waals surface area contributed by atoms with Crippen molar-refractivity contribution in [1.29, 1.82) is 0 Å². The second kappa shape index (κ2) is 12.8. The van der Waals surface area contributed by atoms with Crippen molar-refractivity contribution in [2.45, 2.75) is 27.7 Å². The predicted octanol–water partition coefficient (Wildman–Crippen LogP) is 1.39. The Hall–Kier alpha value is 0.110. The second-order valence-corrected chi connectivity index (χ2v) is 3.29. The van der Waals surface area contributed by atoms with E-state index in [4.69, 9.17) is 0 Å². The van der Waals surface area contributed by atoms with E-state index < -0.39 is 10.8 Å². The standard InChI is InChI=1S/C4H9NOS.2C2H6/c6-7-3-1-5-2-4-7;2*1-2/h5H,1-4H2;2*1-2H3. The summed E-state index contributed by atoms with van der Waals surface area (Å²) in [4.78, 5) is 0. The first-order valence-corrected chi connectivity index (χ1v) is 5.94. The van der Waals surface area contributed by atoms with Crippen molar-refractivity contribution in [1.82, 2.24) is 5.32 Å². The molecule has 0 aliphatic carbocycles. The van der Waals surface area contributed by atoms with Gasteiger partial charge in [0.2, 0.25) is 0 Å². The van der Waals surface area contributed by atoms with Gasteiger partial charge in [0.1, 0.15) is 0 Å². The molecule has 70 valence electrons. The summed E-state index contributed by atoms with van der Waals surface area (Å²) < 4.78 is 10.5. The first kappa shape index (κ1) is 13.7. The van der Waals surface area contributed by atoms with Crippen LogP contribution in [0.2, 0.25) is 0 Å². The zero-order chi connectivity index (χ0) is 9.11. The van der Waals surface area contributed by atoms with Crippen LogP contribution in [0.25, 0.3) is 0 Å². The van der Waals surface area contributed by atoms with Gasteiger partial charge < -0.3 is 5.32 Å². The lowest BCUT2D eigenvalue weighted by Crippen LogP contribution is -2.32. The van der Waals surface area contributed by atoms with Crippen molar-refractivity contribution in [3.05, 3.63) is 0 Å². The highest BCUT2D eigenvalue weighted by molar-refractivity contribution is 7.85. The Morgan fingerprint density at radius 1 is 1.00 bits per heavy atom. The lowest BCUT2D eigenvalue weighted by Gasteiger charge is -2.09. The van der Waals surface area contributed by atoms with Crippen LogP contribution in [0.3, 0.4) is 0 Å². The Kier molecular flexibility index (Phi) is 15.9. The summed E-state index contributed by atoms with van der Waals surface area (Å²) in [6.07, 6.45) is 0. The third-order valence-electron chi connectivity index (χ3n) is 1.01. The molecule has 1 fully saturated rings. The summed E-state index contributed by atoms with van der Waals surface area (Å²) in [6.45, 7) is 9.87. The van der Waals surface area contributed by atoms with E-state index in [1.165, 1.54) is 0 Å². The van der Waals surface area contributed by atoms with Crippen molar-refractivity contribution >= 4 is 10.8 Å². The lowest BCUT2D eigenvalue weighted by molar-refractivity contribution is 0.659. The Bertz CT molecular complexity index is 78.2. The number of hydrogen-bond donors (Lipinski definition) is 1. The number of hydrogen-bond acceptors (Lipinski definition) is 2. The molecule has 1 N–H and O–H groups in total. The van der Waals surface area contributed by atoms with Gasteiger partial charge in [0.05, 0.1) is 0 Å². The highest BCUT2D eigenvalue weighted by atomic mass is 32.2. The number of nitrogens with one attached hydrogen (secondary N) is 1. The van der Waals surface area contributed by atoms with Gasteiger partial charge in [0.25, 0.3) is 0 Å². The van der Waals surface area contributed by atoms with Crippen LogP contribution in [0.1, 0.15) is 27.7 Å². The van der Waals surface area contributed by atoms with Gasteiger partial charge >= 0.3 is 0 Å². The maximum absolute atomic E-state index is 10.5. The Balaban J connectivity index is 0. The molecule has 0 spiro atoms. The minimum Gasteiger partial charge on any atom is -0.315 e. The summed E-state index contributed by atoms with van der Waals surface area (Å²) in [5, 5.41) is 3.12. The molecule has 3 heteroatoms. The molecular weight excluding hydrogens is 158 g/mol. The lowest BCUT2D eigenvalue weighted by atomic mass is 10.6. The van der Waals surface area contributed by atoms with Crippen LogP contribution in [0.15, 0.2) is 0 Å². The van der Waals surface area contributed by atoms with Gasteiger partial charge in [-0.25, -0.2) is 0 Å². The van der Waals surface area contributed by atoms with Crippen molar-refractivity contribution < 1.29 is 4.21 Å². The molecule has 1 saturated heterocycles. The minimum atomic E-state index is -0.503. The van der Waals surface area contributed by atoms with Crippen molar-refractivity contribution in [3.8, 4) is 0 Å². The van der Waals surface area contributed by atoms with E-state index >= 15 is 0 Å². The molecule has 0 aromatic rings. The monoisotopic (exact) mass is 179 g/mol. The average molecular weight is 179 g/mol. The average Bonchev–Trinajstić information content (AvgIpc) is 2.13. The smallest absolute Gasteiger partial charge is 0.0360 e. The van der Waals surface area contributed by atoms with Gasteiger partial charge in [-0.05, 0) is 0 Å². The molecule has 1 rings (SSSR count). The molecule has 11 heavy (non-hydrogen) atoms. The fraction of sp³-hybridized carbons (Fsp3) is 1.00. The van der Waals surface area contributed by atoms with Gasteiger partial charge in [-0.2, -0.15) is 0 Å². The van der Waals surface area contributed by atoms with Gasteiger partial charge in [-0.15, -0.1) is 0 Å². The first-order chi connectivity index (χ1) is 5.39. The third-order valence-corrected chi connectivity index (χ3v) is 2.33. The SMILES string of the molecule is CC.CC.O=S1CCNCC1. The molecule has 1 heterocycles. The predicted molar refractivity (Wildman–Crippen MR) is 53.4 cm³/mol. The summed E-state index contributed by atoms with van der Waals surface area (Å²) in [5.41, 5.74) is 0. The van der Waals surface area contributed by atoms with E-state index in [1.807, 2.05) is 27.7 Å². The van der Waals surface area contributed by atoms with E-state index in [1.54, 1.807) is 0 Å². The zero-order valence-electron chi connectivity index (χ0n) is 8.14. The van der Waals surface area contributed by atoms with E-state index in [2.05, 4.69) is 5.32 Å². The molecule has 0 radical (unpaired) electrons. The normalized spacial score (nSPS) is 17.1. The molecule has 2 nitrogen and oxygen atoms in total. The maximum atomic E-state index is 10.5. The van der Waals surface area contributed by atoms with Crippen LogP contribution in [-0.4, -0.2) is 28.8 Å². The molecule has 1 aliphatic heterocycles. The molecule has 1 aliphatic rings. The van der Waals surface area contributed by atoms with Gasteiger partial charge in [-0.3, -0.25) is 4.21 Å². The third kappa shape index (κ3) is 10.1. The van der Waals surface area contributed by atoms with Crippen molar-refractivity contribution in [2.75, 3.05) is 24.6 Å². The van der Waals surface area contributed by atoms with E-state index in [0.29, 0.717) is 0 Å². The van der Waals surface area contributed by atoms with Gasteiger partial charge in [-0.1, -0.05) is 27.7 Å². The summed E-state index contributed by atoms with van der Waals surface area (Å²) in [5.74, 6) is 1.69. The summed E-state index contributed by atoms with van der Waals surface area (Å²) in [6, 6.07) is 0. The maximum Gasteiger partial charge on any atom is 0.0360 e. The van der Waals surface area contributed by atoms with Gasteiger partial charge in [0.15, 0.2) is 0 Å². The molecule has 0 unspecified atom stereocenters. The molecule has 0 bridgehead atoms. The molecule has 0 saturated carbocycles. The largest absolute Gasteiger partial charge is 0.315 e. The van der Waals surface area contributed by atoms with E-state index in [0.717, 1.165) is 24.6 Å². The fourth-order valence-corrected chi connectivity index (χ4v) is 1.55. The zero-order valence-corrected chi connectivity index (χ0v) is 8.96. The van der Waals surface area contributed by atoms with Crippen LogP contribution in [0, 0.1) is 0 Å². The Morgan fingerprint density at radius 3 is 1.55 bits per heavy atom. The molecule has 0 atom stereocenters. The summed E-state index contributed by atoms with van der Waals surface area (Å²) in [7, 11) is -0.503. The first-order valence-electron chi connectivity index (χ1n) is 4.45. The molecule has 0 aromatic heterocycles. The van der Waals surface area contributed by atoms with E-state index in [-0.39, 0.29) is 0 Å². The summed E-state index contributed by atoms with van der Waals surface area (Å²) >= 11 is 0. The van der Waals surface area contributed by atoms with Crippen LogP contribution >= 0.6 is 0 Å². The Morgan fingerprint density at radius 2 is 1.36 bits per heavy atom. The highest BCUT2D eigenvalue weighted by Crippen LogP contribution is 1.84. The van der Waals surface area contributed by atoms with Crippen LogP contribution in [0.4, 0.5) is 0 Å². The molecular formula is C8H21NOS. The highest BCUT2D eigenvalue weighted by Gasteiger charge is 2.03. The van der Waals surface area contributed by atoms with Crippen LogP contribution in [0.5, 0.6) is 0 Å². The molecule has 0 amide bonds.